The SMILES string of the molecule is CN(C)C1(c2cccc(F)c2)CCC2(CC1)CN(c1cnc(C(F)(F)F)nc1OCC(F)(F)F)C(=O)N2. The van der Waals surface area contributed by atoms with Gasteiger partial charge in [-0.15, -0.1) is 0 Å². The third kappa shape index (κ3) is 5.43. The van der Waals surface area contributed by atoms with Crippen molar-refractivity contribution in [3.8, 4) is 5.88 Å². The number of carbonyl (C=O) groups excluding carboxylic acids is 1. The van der Waals surface area contributed by atoms with Gasteiger partial charge >= 0.3 is 18.4 Å². The summed E-state index contributed by atoms with van der Waals surface area (Å²) in [6.45, 7) is -1.94. The van der Waals surface area contributed by atoms with E-state index in [0.29, 0.717) is 31.9 Å². The molecule has 0 radical (unpaired) electrons. The van der Waals surface area contributed by atoms with Crippen molar-refractivity contribution < 1.29 is 40.3 Å². The van der Waals surface area contributed by atoms with Crippen LogP contribution in [0.2, 0.25) is 0 Å². The fourth-order valence-corrected chi connectivity index (χ4v) is 5.04. The van der Waals surface area contributed by atoms with Gasteiger partial charge in [0.2, 0.25) is 11.7 Å². The van der Waals surface area contributed by atoms with Crippen molar-refractivity contribution in [2.24, 2.45) is 0 Å². The number of aromatic nitrogens is 2. The van der Waals surface area contributed by atoms with Gasteiger partial charge in [-0.25, -0.2) is 14.2 Å². The number of anilines is 1. The smallest absolute Gasteiger partial charge is 0.451 e. The Labute approximate surface area is 207 Å². The molecule has 0 unspecified atom stereocenters. The Morgan fingerprint density at radius 1 is 1.11 bits per heavy atom. The second-order valence-corrected chi connectivity index (χ2v) is 9.52. The summed E-state index contributed by atoms with van der Waals surface area (Å²) < 4.78 is 96.0. The lowest BCUT2D eigenvalue weighted by molar-refractivity contribution is -0.155. The van der Waals surface area contributed by atoms with E-state index in [-0.39, 0.29) is 12.4 Å². The highest BCUT2D eigenvalue weighted by atomic mass is 19.4. The molecule has 1 aliphatic heterocycles. The van der Waals surface area contributed by atoms with Crippen molar-refractivity contribution in [2.75, 3.05) is 32.1 Å². The van der Waals surface area contributed by atoms with Crippen LogP contribution >= 0.6 is 0 Å². The fraction of sp³-hybridized carbons (Fsp3) is 0.522. The number of rotatable bonds is 5. The van der Waals surface area contributed by atoms with Gasteiger partial charge in [-0.3, -0.25) is 9.80 Å². The maximum atomic E-state index is 14.0. The van der Waals surface area contributed by atoms with Crippen molar-refractivity contribution in [3.63, 3.8) is 0 Å². The summed E-state index contributed by atoms with van der Waals surface area (Å²) in [4.78, 5) is 22.2. The van der Waals surface area contributed by atoms with Gasteiger partial charge in [-0.1, -0.05) is 12.1 Å². The molecule has 2 heterocycles. The lowest BCUT2D eigenvalue weighted by Crippen LogP contribution is -2.54. The molecule has 2 aromatic rings. The van der Waals surface area contributed by atoms with Gasteiger partial charge < -0.3 is 10.1 Å². The van der Waals surface area contributed by atoms with Gasteiger partial charge in [-0.2, -0.15) is 31.3 Å². The molecule has 0 atom stereocenters. The van der Waals surface area contributed by atoms with E-state index < -0.39 is 53.5 Å². The molecule has 202 valence electrons. The summed E-state index contributed by atoms with van der Waals surface area (Å²) >= 11 is 0. The first-order valence-electron chi connectivity index (χ1n) is 11.3. The Kier molecular flexibility index (Phi) is 6.76. The summed E-state index contributed by atoms with van der Waals surface area (Å²) in [7, 11) is 3.73. The van der Waals surface area contributed by atoms with Crippen LogP contribution in [0.1, 0.15) is 37.1 Å². The summed E-state index contributed by atoms with van der Waals surface area (Å²) in [5.41, 5.74) is -0.966. The van der Waals surface area contributed by atoms with Crippen LogP contribution in [0.15, 0.2) is 30.5 Å². The quantitative estimate of drug-likeness (QED) is 0.553. The van der Waals surface area contributed by atoms with E-state index in [2.05, 4.69) is 20.0 Å². The largest absolute Gasteiger partial charge is 0.466 e. The van der Waals surface area contributed by atoms with E-state index in [0.717, 1.165) is 10.5 Å². The van der Waals surface area contributed by atoms with E-state index in [4.69, 9.17) is 0 Å². The zero-order valence-corrected chi connectivity index (χ0v) is 19.9. The minimum Gasteiger partial charge on any atom is -0.466 e. The molecule has 2 aliphatic rings. The minimum atomic E-state index is -5.03. The number of urea groups is 1. The zero-order valence-electron chi connectivity index (χ0n) is 19.9. The van der Waals surface area contributed by atoms with Gasteiger partial charge in [-0.05, 0) is 57.5 Å². The minimum absolute atomic E-state index is 0.0460. The molecule has 2 fully saturated rings. The van der Waals surface area contributed by atoms with E-state index in [1.807, 2.05) is 25.1 Å². The third-order valence-corrected chi connectivity index (χ3v) is 6.98. The van der Waals surface area contributed by atoms with Gasteiger partial charge in [0.05, 0.1) is 18.3 Å². The molecular weight excluding hydrogens is 511 g/mol. The van der Waals surface area contributed by atoms with Crippen LogP contribution in [0.5, 0.6) is 5.88 Å². The number of ether oxygens (including phenoxy) is 1. The van der Waals surface area contributed by atoms with Gasteiger partial charge in [0.15, 0.2) is 6.61 Å². The molecule has 2 amide bonds. The van der Waals surface area contributed by atoms with Crippen LogP contribution in [-0.2, 0) is 11.7 Å². The number of benzene rings is 1. The Hall–Kier alpha value is -3.16. The predicted molar refractivity (Wildman–Crippen MR) is 117 cm³/mol. The molecular formula is C23H24F7N5O2. The molecule has 1 aromatic heterocycles. The number of hydrogen-bond donors (Lipinski definition) is 1. The summed E-state index contributed by atoms with van der Waals surface area (Å²) in [6, 6.07) is 5.53. The number of hydrogen-bond acceptors (Lipinski definition) is 5. The number of halogens is 7. The number of nitrogens with one attached hydrogen (secondary N) is 1. The first kappa shape index (κ1) is 26.9. The van der Waals surface area contributed by atoms with Gasteiger partial charge in [0.1, 0.15) is 11.5 Å². The van der Waals surface area contributed by atoms with Gasteiger partial charge in [0.25, 0.3) is 0 Å². The third-order valence-electron chi connectivity index (χ3n) is 6.98. The molecule has 1 saturated heterocycles. The van der Waals surface area contributed by atoms with E-state index >= 15 is 0 Å². The molecule has 4 rings (SSSR count). The zero-order chi connectivity index (χ0) is 27.2. The van der Waals surface area contributed by atoms with Crippen LogP contribution in [0, 0.1) is 5.82 Å². The molecule has 37 heavy (non-hydrogen) atoms. The monoisotopic (exact) mass is 535 g/mol. The van der Waals surface area contributed by atoms with E-state index in [1.54, 1.807) is 6.07 Å². The average Bonchev–Trinajstić information content (AvgIpc) is 3.12. The molecule has 1 aromatic carbocycles. The molecule has 1 aliphatic carbocycles. The summed E-state index contributed by atoms with van der Waals surface area (Å²) in [5.74, 6) is -3.07. The molecule has 1 saturated carbocycles. The number of carbonyl (C=O) groups is 1. The highest BCUT2D eigenvalue weighted by Gasteiger charge is 2.51. The van der Waals surface area contributed by atoms with Crippen LogP contribution in [-0.4, -0.2) is 59.9 Å². The maximum absolute atomic E-state index is 14.0. The topological polar surface area (TPSA) is 70.6 Å². The standard InChI is InChI=1S/C23H24F7N5O2/c1-34(2)21(14-4-3-5-15(24)10-14)8-6-20(7-9-21)12-35(19(36)33-20)16-11-31-18(23(28,29)30)32-17(16)37-13-22(25,26)27/h3-5,10-11H,6-9,12-13H2,1-2H3,(H,33,36). The Morgan fingerprint density at radius 3 is 2.35 bits per heavy atom. The molecule has 7 nitrogen and oxygen atoms in total. The number of alkyl halides is 6. The van der Waals surface area contributed by atoms with E-state index in [1.165, 1.54) is 12.1 Å². The van der Waals surface area contributed by atoms with Crippen LogP contribution in [0.3, 0.4) is 0 Å². The van der Waals surface area contributed by atoms with Crippen molar-refractivity contribution in [3.05, 3.63) is 47.7 Å². The number of nitrogens with zero attached hydrogens (tertiary/aromatic N) is 4. The molecule has 1 spiro atoms. The highest BCUT2D eigenvalue weighted by molar-refractivity contribution is 5.96. The Morgan fingerprint density at radius 2 is 1.78 bits per heavy atom. The van der Waals surface area contributed by atoms with Crippen molar-refractivity contribution in [1.29, 1.82) is 0 Å². The lowest BCUT2D eigenvalue weighted by atomic mass is 9.69. The average molecular weight is 535 g/mol. The van der Waals surface area contributed by atoms with Crippen molar-refractivity contribution >= 4 is 11.7 Å². The molecule has 14 heteroatoms. The van der Waals surface area contributed by atoms with Crippen molar-refractivity contribution in [2.45, 2.75) is 49.1 Å². The van der Waals surface area contributed by atoms with Crippen LogP contribution < -0.4 is 15.0 Å². The summed E-state index contributed by atoms with van der Waals surface area (Å²) in [6.07, 6.45) is -7.37. The second kappa shape index (κ2) is 9.30. The predicted octanol–water partition coefficient (Wildman–Crippen LogP) is 4.88. The second-order valence-electron chi connectivity index (χ2n) is 9.52. The maximum Gasteiger partial charge on any atom is 0.451 e. The first-order chi connectivity index (χ1) is 17.1. The fourth-order valence-electron chi connectivity index (χ4n) is 5.04. The molecule has 0 bridgehead atoms. The van der Waals surface area contributed by atoms with Crippen molar-refractivity contribution in [1.82, 2.24) is 20.2 Å². The summed E-state index contributed by atoms with van der Waals surface area (Å²) in [5, 5.41) is 2.84. The highest BCUT2D eigenvalue weighted by Crippen LogP contribution is 2.47. The van der Waals surface area contributed by atoms with E-state index in [9.17, 15) is 35.5 Å². The lowest BCUT2D eigenvalue weighted by Gasteiger charge is -2.48. The van der Waals surface area contributed by atoms with Crippen LogP contribution in [0.25, 0.3) is 0 Å². The van der Waals surface area contributed by atoms with Crippen LogP contribution in [0.4, 0.5) is 41.2 Å². The first-order valence-corrected chi connectivity index (χ1v) is 11.3. The van der Waals surface area contributed by atoms with Gasteiger partial charge in [0, 0.05) is 5.54 Å². The Balaban J connectivity index is 1.60. The molecule has 1 N–H and O–H groups in total. The number of amides is 2. The normalized spacial score (nSPS) is 24.6. The Bertz CT molecular complexity index is 1160.